The van der Waals surface area contributed by atoms with Crippen molar-refractivity contribution in [3.8, 4) is 0 Å². The quantitative estimate of drug-likeness (QED) is 0.645. The van der Waals surface area contributed by atoms with Crippen molar-refractivity contribution in [2.75, 3.05) is 18.0 Å². The van der Waals surface area contributed by atoms with Crippen LogP contribution in [0.15, 0.2) is 60.8 Å². The lowest BCUT2D eigenvalue weighted by Crippen LogP contribution is -2.47. The minimum absolute atomic E-state index is 0.143. The molecule has 0 bridgehead atoms. The summed E-state index contributed by atoms with van der Waals surface area (Å²) in [7, 11) is 0. The van der Waals surface area contributed by atoms with Crippen LogP contribution in [0.2, 0.25) is 0 Å². The molecular formula is C21H22N6O2. The smallest absolute Gasteiger partial charge is 0.291 e. The van der Waals surface area contributed by atoms with Gasteiger partial charge in [-0.3, -0.25) is 20.4 Å². The van der Waals surface area contributed by atoms with Gasteiger partial charge in [0.2, 0.25) is 0 Å². The summed E-state index contributed by atoms with van der Waals surface area (Å²) < 4.78 is 1.58. The lowest BCUT2D eigenvalue weighted by atomic mass is 10.0. The van der Waals surface area contributed by atoms with E-state index < -0.39 is 5.91 Å². The highest BCUT2D eigenvalue weighted by atomic mass is 16.2. The largest absolute Gasteiger partial charge is 0.362 e. The first kappa shape index (κ1) is 18.7. The Morgan fingerprint density at radius 1 is 1.00 bits per heavy atom. The van der Waals surface area contributed by atoms with Gasteiger partial charge in [-0.05, 0) is 30.0 Å². The number of amides is 2. The average Bonchev–Trinajstić information content (AvgIpc) is 3.22. The molecule has 4 rings (SSSR count). The second-order valence-corrected chi connectivity index (χ2v) is 6.94. The zero-order chi connectivity index (χ0) is 20.1. The number of anilines is 1. The summed E-state index contributed by atoms with van der Waals surface area (Å²) in [6.45, 7) is 1.51. The van der Waals surface area contributed by atoms with Gasteiger partial charge in [0.25, 0.3) is 11.8 Å². The number of carbonyl (C=O) groups excluding carboxylic acids is 2. The average molecular weight is 390 g/mol. The molecule has 0 atom stereocenters. The van der Waals surface area contributed by atoms with E-state index in [1.54, 1.807) is 10.9 Å². The maximum atomic E-state index is 12.3. The molecule has 0 aliphatic carbocycles. The maximum absolute atomic E-state index is 12.3. The number of hydrazine groups is 1. The highest BCUT2D eigenvalue weighted by molar-refractivity contribution is 5.93. The second-order valence-electron chi connectivity index (χ2n) is 6.94. The first-order valence-electron chi connectivity index (χ1n) is 9.55. The number of fused-ring (bicyclic) bond motifs is 1. The fraction of sp³-hybridized carbons (Fsp3) is 0.238. The van der Waals surface area contributed by atoms with Crippen molar-refractivity contribution in [3.63, 3.8) is 0 Å². The number of nitrogens with zero attached hydrogens (tertiary/aromatic N) is 4. The summed E-state index contributed by atoms with van der Waals surface area (Å²) in [5, 5.41) is 7.84. The normalized spacial score (nSPS) is 12.9. The molecule has 8 heteroatoms. The van der Waals surface area contributed by atoms with Crippen molar-refractivity contribution in [1.29, 1.82) is 0 Å². The number of hydrogen-bond acceptors (Lipinski definition) is 5. The molecule has 1 aromatic heterocycles. The third kappa shape index (κ3) is 4.60. The van der Waals surface area contributed by atoms with Gasteiger partial charge in [-0.2, -0.15) is 0 Å². The first-order chi connectivity index (χ1) is 14.2. The Balaban J connectivity index is 1.29. The molecule has 2 aromatic carbocycles. The fourth-order valence-corrected chi connectivity index (χ4v) is 3.43. The molecule has 0 fully saturated rings. The molecular weight excluding hydrogens is 368 g/mol. The highest BCUT2D eigenvalue weighted by Crippen LogP contribution is 2.26. The van der Waals surface area contributed by atoms with Gasteiger partial charge in [-0.25, -0.2) is 4.68 Å². The molecule has 1 aliphatic rings. The Bertz CT molecular complexity index is 1000. The van der Waals surface area contributed by atoms with Gasteiger partial charge in [0.05, 0.1) is 19.3 Å². The van der Waals surface area contributed by atoms with Crippen LogP contribution in [0.3, 0.4) is 0 Å². The summed E-state index contributed by atoms with van der Waals surface area (Å²) >= 11 is 0. The van der Waals surface area contributed by atoms with E-state index >= 15 is 0 Å². The molecule has 0 unspecified atom stereocenters. The third-order valence-electron chi connectivity index (χ3n) is 4.82. The van der Waals surface area contributed by atoms with E-state index in [0.717, 1.165) is 30.6 Å². The molecule has 0 saturated carbocycles. The SMILES string of the molecule is O=C(CN1CCCc2ccccc21)NNC(=O)c1cn(Cc2ccccc2)nn1. The molecule has 3 aromatic rings. The van der Waals surface area contributed by atoms with Gasteiger partial charge in [-0.15, -0.1) is 5.10 Å². The maximum Gasteiger partial charge on any atom is 0.291 e. The molecule has 2 heterocycles. The van der Waals surface area contributed by atoms with E-state index in [0.29, 0.717) is 6.54 Å². The first-order valence-corrected chi connectivity index (χ1v) is 9.55. The van der Waals surface area contributed by atoms with Crippen molar-refractivity contribution < 1.29 is 9.59 Å². The Morgan fingerprint density at radius 2 is 1.79 bits per heavy atom. The molecule has 0 radical (unpaired) electrons. The van der Waals surface area contributed by atoms with Gasteiger partial charge >= 0.3 is 0 Å². The van der Waals surface area contributed by atoms with E-state index in [-0.39, 0.29) is 18.1 Å². The molecule has 2 amide bonds. The Morgan fingerprint density at radius 3 is 2.66 bits per heavy atom. The molecule has 1 aliphatic heterocycles. The number of aryl methyl sites for hydroxylation is 1. The van der Waals surface area contributed by atoms with Crippen LogP contribution in [0.4, 0.5) is 5.69 Å². The third-order valence-corrected chi connectivity index (χ3v) is 4.82. The minimum Gasteiger partial charge on any atom is -0.362 e. The number of carbonyl (C=O) groups is 2. The second kappa shape index (κ2) is 8.55. The van der Waals surface area contributed by atoms with Crippen LogP contribution in [0.5, 0.6) is 0 Å². The Hall–Kier alpha value is -3.68. The zero-order valence-electron chi connectivity index (χ0n) is 15.9. The van der Waals surface area contributed by atoms with Crippen LogP contribution in [0.1, 0.15) is 28.0 Å². The van der Waals surface area contributed by atoms with Crippen LogP contribution in [0, 0.1) is 0 Å². The van der Waals surface area contributed by atoms with Crippen molar-refractivity contribution >= 4 is 17.5 Å². The number of para-hydroxylation sites is 1. The van der Waals surface area contributed by atoms with Crippen LogP contribution < -0.4 is 15.8 Å². The molecule has 0 spiro atoms. The number of benzene rings is 2. The zero-order valence-corrected chi connectivity index (χ0v) is 15.9. The van der Waals surface area contributed by atoms with Gasteiger partial charge < -0.3 is 4.90 Å². The molecule has 148 valence electrons. The predicted molar refractivity (Wildman–Crippen MR) is 108 cm³/mol. The Labute approximate surface area is 168 Å². The number of hydrogen-bond donors (Lipinski definition) is 2. The van der Waals surface area contributed by atoms with Gasteiger partial charge in [0, 0.05) is 12.2 Å². The predicted octanol–water partition coefficient (Wildman–Crippen LogP) is 1.54. The minimum atomic E-state index is -0.503. The lowest BCUT2D eigenvalue weighted by molar-refractivity contribution is -0.120. The topological polar surface area (TPSA) is 92.2 Å². The van der Waals surface area contributed by atoms with E-state index in [2.05, 4.69) is 27.2 Å². The van der Waals surface area contributed by atoms with Crippen molar-refractivity contribution in [2.24, 2.45) is 0 Å². The number of aromatic nitrogens is 3. The molecule has 29 heavy (non-hydrogen) atoms. The van der Waals surface area contributed by atoms with Crippen LogP contribution in [-0.2, 0) is 17.8 Å². The number of rotatable bonds is 5. The number of nitrogens with one attached hydrogen (secondary N) is 2. The van der Waals surface area contributed by atoms with Crippen molar-refractivity contribution in [3.05, 3.63) is 77.6 Å². The van der Waals surface area contributed by atoms with Crippen LogP contribution in [-0.4, -0.2) is 39.9 Å². The highest BCUT2D eigenvalue weighted by Gasteiger charge is 2.19. The Kier molecular flexibility index (Phi) is 5.51. The van der Waals surface area contributed by atoms with Crippen LogP contribution >= 0.6 is 0 Å². The van der Waals surface area contributed by atoms with Gasteiger partial charge in [0.15, 0.2) is 5.69 Å². The van der Waals surface area contributed by atoms with Gasteiger partial charge in [-0.1, -0.05) is 53.7 Å². The summed E-state index contributed by atoms with van der Waals surface area (Å²) in [5.41, 5.74) is 8.38. The molecule has 0 saturated heterocycles. The van der Waals surface area contributed by atoms with E-state index in [9.17, 15) is 9.59 Å². The monoisotopic (exact) mass is 390 g/mol. The van der Waals surface area contributed by atoms with Crippen molar-refractivity contribution in [2.45, 2.75) is 19.4 Å². The van der Waals surface area contributed by atoms with E-state index in [4.69, 9.17) is 0 Å². The summed E-state index contributed by atoms with van der Waals surface area (Å²) in [5.74, 6) is -0.788. The summed E-state index contributed by atoms with van der Waals surface area (Å²) in [4.78, 5) is 26.6. The summed E-state index contributed by atoms with van der Waals surface area (Å²) in [6, 6.07) is 17.8. The van der Waals surface area contributed by atoms with Crippen LogP contribution in [0.25, 0.3) is 0 Å². The molecule has 2 N–H and O–H groups in total. The van der Waals surface area contributed by atoms with Gasteiger partial charge in [0.1, 0.15) is 0 Å². The van der Waals surface area contributed by atoms with E-state index in [1.165, 1.54) is 5.56 Å². The fourth-order valence-electron chi connectivity index (χ4n) is 3.43. The molecule has 8 nitrogen and oxygen atoms in total. The van der Waals surface area contributed by atoms with E-state index in [1.807, 2.05) is 53.4 Å². The summed E-state index contributed by atoms with van der Waals surface area (Å²) in [6.07, 6.45) is 3.57. The lowest BCUT2D eigenvalue weighted by Gasteiger charge is -2.30. The standard InChI is InChI=1S/C21H22N6O2/c28-20(15-26-12-6-10-17-9-4-5-11-19(17)26)23-24-21(29)18-14-27(25-22-18)13-16-7-2-1-3-8-16/h1-5,7-9,11,14H,6,10,12-13,15H2,(H,23,28)(H,24,29). The van der Waals surface area contributed by atoms with Crippen molar-refractivity contribution in [1.82, 2.24) is 25.8 Å².